The predicted octanol–water partition coefficient (Wildman–Crippen LogP) is 7.42. The molecule has 35 heavy (non-hydrogen) atoms. The molecule has 4 aromatic carbocycles. The molecule has 1 amide bonds. The van der Waals surface area contributed by atoms with Crippen LogP contribution in [0, 0.1) is 0 Å². The zero-order valence-electron chi connectivity index (χ0n) is 18.8. The molecule has 0 aliphatic rings. The molecule has 7 heteroatoms. The number of carbonyl (C=O) groups is 1. The van der Waals surface area contributed by atoms with Crippen molar-refractivity contribution in [1.29, 1.82) is 0 Å². The third-order valence-corrected chi connectivity index (χ3v) is 6.91. The summed E-state index contributed by atoms with van der Waals surface area (Å²) in [5.74, 6) is 0.476. The molecule has 5 nitrogen and oxygen atoms in total. The Morgan fingerprint density at radius 1 is 0.943 bits per heavy atom. The summed E-state index contributed by atoms with van der Waals surface area (Å²) in [7, 11) is 1.63. The van der Waals surface area contributed by atoms with Gasteiger partial charge < -0.3 is 4.74 Å². The summed E-state index contributed by atoms with van der Waals surface area (Å²) in [6, 6.07) is 30.9. The van der Waals surface area contributed by atoms with Crippen molar-refractivity contribution in [2.45, 2.75) is 0 Å². The van der Waals surface area contributed by atoms with E-state index in [0.29, 0.717) is 10.7 Å². The van der Waals surface area contributed by atoms with Crippen molar-refractivity contribution in [3.63, 3.8) is 0 Å². The van der Waals surface area contributed by atoms with E-state index < -0.39 is 0 Å². The molecule has 0 bridgehead atoms. The molecule has 0 aliphatic carbocycles. The maximum absolute atomic E-state index is 13.6. The van der Waals surface area contributed by atoms with E-state index in [9.17, 15) is 4.79 Å². The first-order chi connectivity index (χ1) is 17.1. The highest BCUT2D eigenvalue weighted by atomic mass is 79.9. The molecule has 0 saturated heterocycles. The minimum atomic E-state index is -0.260. The number of anilines is 1. The number of thiazole rings is 1. The molecule has 0 atom stereocenters. The number of fused-ring (bicyclic) bond motifs is 1. The van der Waals surface area contributed by atoms with Crippen LogP contribution in [0.4, 0.5) is 5.13 Å². The van der Waals surface area contributed by atoms with Crippen LogP contribution in [0.1, 0.15) is 15.9 Å². The quantitative estimate of drug-likeness (QED) is 0.166. The predicted molar refractivity (Wildman–Crippen MR) is 147 cm³/mol. The lowest BCUT2D eigenvalue weighted by Crippen LogP contribution is -2.25. The normalized spacial score (nSPS) is 11.1. The van der Waals surface area contributed by atoms with Gasteiger partial charge in [0.25, 0.3) is 5.91 Å². The van der Waals surface area contributed by atoms with Crippen molar-refractivity contribution in [2.75, 3.05) is 12.1 Å². The van der Waals surface area contributed by atoms with Gasteiger partial charge in [-0.15, -0.1) is 0 Å². The molecular weight excluding hydrogens is 522 g/mol. The molecule has 0 aliphatic heterocycles. The van der Waals surface area contributed by atoms with Gasteiger partial charge in [-0.05, 0) is 59.2 Å². The summed E-state index contributed by atoms with van der Waals surface area (Å²) in [4.78, 5) is 18.3. The van der Waals surface area contributed by atoms with Crippen molar-refractivity contribution in [1.82, 2.24) is 4.98 Å². The van der Waals surface area contributed by atoms with Crippen LogP contribution in [-0.4, -0.2) is 24.2 Å². The van der Waals surface area contributed by atoms with Gasteiger partial charge in [0.1, 0.15) is 5.75 Å². The second-order valence-corrected chi connectivity index (χ2v) is 9.61. The summed E-state index contributed by atoms with van der Waals surface area (Å²) < 4.78 is 7.22. The van der Waals surface area contributed by atoms with Crippen LogP contribution in [0.3, 0.4) is 0 Å². The molecule has 0 radical (unpaired) electrons. The van der Waals surface area contributed by atoms with Gasteiger partial charge in [0.15, 0.2) is 0 Å². The van der Waals surface area contributed by atoms with Crippen LogP contribution in [0.25, 0.3) is 21.3 Å². The monoisotopic (exact) mass is 541 g/mol. The molecule has 0 N–H and O–H groups in total. The van der Waals surface area contributed by atoms with Gasteiger partial charge in [0.2, 0.25) is 5.13 Å². The van der Waals surface area contributed by atoms with E-state index in [1.54, 1.807) is 13.3 Å². The molecule has 5 aromatic rings. The van der Waals surface area contributed by atoms with E-state index in [0.717, 1.165) is 37.1 Å². The van der Waals surface area contributed by atoms with Crippen molar-refractivity contribution >= 4 is 54.7 Å². The minimum Gasteiger partial charge on any atom is -0.497 e. The number of halogens is 1. The van der Waals surface area contributed by atoms with Crippen LogP contribution in [0.2, 0.25) is 0 Å². The van der Waals surface area contributed by atoms with Gasteiger partial charge in [-0.1, -0.05) is 81.9 Å². The lowest BCUT2D eigenvalue weighted by atomic mass is 10.0. The van der Waals surface area contributed by atoms with Crippen LogP contribution in [-0.2, 0) is 0 Å². The number of hydrogen-bond acceptors (Lipinski definition) is 5. The lowest BCUT2D eigenvalue weighted by Gasteiger charge is -2.14. The first-order valence-electron chi connectivity index (χ1n) is 10.8. The van der Waals surface area contributed by atoms with E-state index in [2.05, 4.69) is 26.0 Å². The third-order valence-electron chi connectivity index (χ3n) is 5.39. The first kappa shape index (κ1) is 23.0. The van der Waals surface area contributed by atoms with Crippen molar-refractivity contribution in [3.8, 4) is 16.9 Å². The van der Waals surface area contributed by atoms with Gasteiger partial charge in [-0.2, -0.15) is 10.1 Å². The van der Waals surface area contributed by atoms with E-state index in [-0.39, 0.29) is 5.91 Å². The summed E-state index contributed by atoms with van der Waals surface area (Å²) >= 11 is 4.83. The zero-order chi connectivity index (χ0) is 24.2. The fraction of sp³-hybridized carbons (Fsp3) is 0.0357. The fourth-order valence-electron chi connectivity index (χ4n) is 3.53. The number of rotatable bonds is 6. The maximum Gasteiger partial charge on any atom is 0.280 e. The summed E-state index contributed by atoms with van der Waals surface area (Å²) in [5.41, 5.74) is 4.31. The average Bonchev–Trinajstić information content (AvgIpc) is 3.33. The third kappa shape index (κ3) is 5.16. The highest BCUT2D eigenvalue weighted by Crippen LogP contribution is 2.32. The second kappa shape index (κ2) is 10.2. The Morgan fingerprint density at radius 3 is 2.37 bits per heavy atom. The Bertz CT molecular complexity index is 1500. The van der Waals surface area contributed by atoms with Gasteiger partial charge in [-0.3, -0.25) is 4.79 Å². The Hall–Kier alpha value is -3.81. The second-order valence-electron chi connectivity index (χ2n) is 7.69. The standard InChI is InChI=1S/C28H20BrN3O2S/c1-34-24-15-16-25-26(17-24)35-28(31-25)32(30-18-19-7-13-23(29)14-8-19)27(33)22-11-9-21(10-12-22)20-5-3-2-4-6-20/h2-18H,1H3/b30-18+. The Morgan fingerprint density at radius 2 is 1.66 bits per heavy atom. The Labute approximate surface area is 215 Å². The number of hydrazone groups is 1. The molecule has 5 rings (SSSR count). The summed E-state index contributed by atoms with van der Waals surface area (Å²) in [6.45, 7) is 0. The molecule has 1 heterocycles. The van der Waals surface area contributed by atoms with E-state index in [4.69, 9.17) is 4.74 Å². The number of amides is 1. The van der Waals surface area contributed by atoms with E-state index in [1.165, 1.54) is 16.3 Å². The number of aromatic nitrogens is 1. The zero-order valence-corrected chi connectivity index (χ0v) is 21.2. The number of ether oxygens (including phenoxy) is 1. The van der Waals surface area contributed by atoms with Crippen molar-refractivity contribution in [2.24, 2.45) is 5.10 Å². The highest BCUT2D eigenvalue weighted by molar-refractivity contribution is 9.10. The summed E-state index contributed by atoms with van der Waals surface area (Å²) in [6.07, 6.45) is 1.66. The maximum atomic E-state index is 13.6. The fourth-order valence-corrected chi connectivity index (χ4v) is 4.75. The van der Waals surface area contributed by atoms with Crippen LogP contribution in [0.5, 0.6) is 5.75 Å². The van der Waals surface area contributed by atoms with Crippen LogP contribution in [0.15, 0.2) is 107 Å². The lowest BCUT2D eigenvalue weighted by molar-refractivity contribution is 0.0988. The SMILES string of the molecule is COc1ccc2nc(N(/N=C/c3ccc(Br)cc3)C(=O)c3ccc(-c4ccccc4)cc3)sc2c1. The first-order valence-corrected chi connectivity index (χ1v) is 12.5. The van der Waals surface area contributed by atoms with Gasteiger partial charge in [-0.25, -0.2) is 4.98 Å². The molecule has 0 saturated carbocycles. The number of carbonyl (C=O) groups excluding carboxylic acids is 1. The topological polar surface area (TPSA) is 54.8 Å². The van der Waals surface area contributed by atoms with Gasteiger partial charge in [0.05, 0.1) is 23.5 Å². The number of nitrogens with zero attached hydrogens (tertiary/aromatic N) is 3. The Kier molecular flexibility index (Phi) is 6.70. The van der Waals surface area contributed by atoms with Gasteiger partial charge >= 0.3 is 0 Å². The largest absolute Gasteiger partial charge is 0.497 e. The highest BCUT2D eigenvalue weighted by Gasteiger charge is 2.21. The van der Waals surface area contributed by atoms with Gasteiger partial charge in [0, 0.05) is 10.0 Å². The average molecular weight is 542 g/mol. The van der Waals surface area contributed by atoms with E-state index in [1.807, 2.05) is 97.1 Å². The number of hydrogen-bond donors (Lipinski definition) is 0. The molecule has 0 unspecified atom stereocenters. The van der Waals surface area contributed by atoms with Crippen molar-refractivity contribution in [3.05, 3.63) is 113 Å². The van der Waals surface area contributed by atoms with Crippen LogP contribution < -0.4 is 9.75 Å². The minimum absolute atomic E-state index is 0.260. The smallest absolute Gasteiger partial charge is 0.280 e. The molecule has 0 fully saturated rings. The number of benzene rings is 4. The molecule has 172 valence electrons. The van der Waals surface area contributed by atoms with Crippen molar-refractivity contribution < 1.29 is 9.53 Å². The van der Waals surface area contributed by atoms with E-state index >= 15 is 0 Å². The summed E-state index contributed by atoms with van der Waals surface area (Å²) in [5, 5.41) is 6.39. The number of methoxy groups -OCH3 is 1. The molecule has 1 aromatic heterocycles. The molecule has 0 spiro atoms. The molecular formula is C28H20BrN3O2S. The van der Waals surface area contributed by atoms with Crippen LogP contribution >= 0.6 is 27.3 Å². The Balaban J connectivity index is 1.51.